The van der Waals surface area contributed by atoms with Crippen LogP contribution >= 0.6 is 0 Å². The van der Waals surface area contributed by atoms with E-state index in [0.29, 0.717) is 19.5 Å². The molecule has 3 heterocycles. The van der Waals surface area contributed by atoms with Gasteiger partial charge >= 0.3 is 0 Å². The van der Waals surface area contributed by atoms with Crippen molar-refractivity contribution in [2.24, 2.45) is 5.92 Å². The van der Waals surface area contributed by atoms with E-state index in [1.54, 1.807) is 12.4 Å². The summed E-state index contributed by atoms with van der Waals surface area (Å²) in [5.74, 6) is -0.0611. The molecule has 0 saturated carbocycles. The van der Waals surface area contributed by atoms with Crippen molar-refractivity contribution in [2.45, 2.75) is 38.8 Å². The van der Waals surface area contributed by atoms with Crippen LogP contribution in [0.5, 0.6) is 0 Å². The summed E-state index contributed by atoms with van der Waals surface area (Å²) in [6.07, 6.45) is 3.84. The van der Waals surface area contributed by atoms with Crippen LogP contribution in [-0.4, -0.2) is 58.3 Å². The molecule has 6 nitrogen and oxygen atoms in total. The Morgan fingerprint density at radius 3 is 2.62 bits per heavy atom. The highest BCUT2D eigenvalue weighted by atomic mass is 16.2. The molecule has 2 unspecified atom stereocenters. The fraction of sp³-hybridized carbons (Fsp3) is 0.611. The van der Waals surface area contributed by atoms with Gasteiger partial charge in [-0.1, -0.05) is 0 Å². The molecule has 2 fully saturated rings. The number of hydrogen-bond acceptors (Lipinski definition) is 4. The standard InChI is InChI=1S/C18H26N4O2/c1-18(2,3)22-12-14(10-16(22)23)17(24)21-9-8-20-11-15(21)13-4-6-19-7-5-13/h4-7,14-15,20H,8-12H2,1-3H3. The van der Waals surface area contributed by atoms with Crippen LogP contribution in [0.1, 0.15) is 38.8 Å². The van der Waals surface area contributed by atoms with Crippen molar-refractivity contribution in [3.8, 4) is 0 Å². The molecular weight excluding hydrogens is 304 g/mol. The lowest BCUT2D eigenvalue weighted by atomic mass is 10.00. The molecule has 1 aromatic heterocycles. The van der Waals surface area contributed by atoms with Crippen LogP contribution < -0.4 is 5.32 Å². The largest absolute Gasteiger partial charge is 0.337 e. The van der Waals surface area contributed by atoms with Crippen molar-refractivity contribution >= 4 is 11.8 Å². The zero-order valence-electron chi connectivity index (χ0n) is 14.7. The molecule has 1 N–H and O–H groups in total. The molecule has 0 aromatic carbocycles. The summed E-state index contributed by atoms with van der Waals surface area (Å²) in [7, 11) is 0. The summed E-state index contributed by atoms with van der Waals surface area (Å²) >= 11 is 0. The van der Waals surface area contributed by atoms with E-state index >= 15 is 0 Å². The average Bonchev–Trinajstić information content (AvgIpc) is 2.97. The van der Waals surface area contributed by atoms with Gasteiger partial charge in [-0.3, -0.25) is 14.6 Å². The second-order valence-electron chi connectivity index (χ2n) is 7.61. The first kappa shape index (κ1) is 16.9. The number of carbonyl (C=O) groups excluding carboxylic acids is 2. The summed E-state index contributed by atoms with van der Waals surface area (Å²) in [6, 6.07) is 3.92. The van der Waals surface area contributed by atoms with Crippen LogP contribution in [0, 0.1) is 5.92 Å². The highest BCUT2D eigenvalue weighted by Gasteiger charge is 2.42. The molecule has 3 rings (SSSR count). The number of nitrogens with one attached hydrogen (secondary N) is 1. The summed E-state index contributed by atoms with van der Waals surface area (Å²) in [5.41, 5.74) is 0.850. The van der Waals surface area contributed by atoms with E-state index < -0.39 is 0 Å². The van der Waals surface area contributed by atoms with Crippen LogP contribution in [0.3, 0.4) is 0 Å². The fourth-order valence-corrected chi connectivity index (χ4v) is 3.61. The van der Waals surface area contributed by atoms with Gasteiger partial charge in [0.05, 0.1) is 12.0 Å². The lowest BCUT2D eigenvalue weighted by Crippen LogP contribution is -2.51. The maximum Gasteiger partial charge on any atom is 0.228 e. The Morgan fingerprint density at radius 1 is 1.29 bits per heavy atom. The van der Waals surface area contributed by atoms with Gasteiger partial charge in [-0.2, -0.15) is 0 Å². The number of aromatic nitrogens is 1. The van der Waals surface area contributed by atoms with Gasteiger partial charge in [0.1, 0.15) is 0 Å². The molecule has 130 valence electrons. The van der Waals surface area contributed by atoms with Gasteiger partial charge in [0, 0.05) is 50.5 Å². The third-order valence-electron chi connectivity index (χ3n) is 4.90. The highest BCUT2D eigenvalue weighted by Crippen LogP contribution is 2.30. The second-order valence-corrected chi connectivity index (χ2v) is 7.61. The fourth-order valence-electron chi connectivity index (χ4n) is 3.61. The minimum absolute atomic E-state index is 0.00744. The number of rotatable bonds is 2. The molecular formula is C18H26N4O2. The van der Waals surface area contributed by atoms with E-state index in [9.17, 15) is 9.59 Å². The quantitative estimate of drug-likeness (QED) is 0.885. The van der Waals surface area contributed by atoms with E-state index in [0.717, 1.165) is 18.7 Å². The number of likely N-dealkylation sites (tertiary alicyclic amines) is 1. The minimum atomic E-state index is -0.237. The Labute approximate surface area is 143 Å². The van der Waals surface area contributed by atoms with Gasteiger partial charge in [0.15, 0.2) is 0 Å². The third kappa shape index (κ3) is 3.29. The summed E-state index contributed by atoms with van der Waals surface area (Å²) in [6.45, 7) is 8.77. The number of carbonyl (C=O) groups is 2. The molecule has 24 heavy (non-hydrogen) atoms. The van der Waals surface area contributed by atoms with Gasteiger partial charge in [-0.05, 0) is 38.5 Å². The van der Waals surface area contributed by atoms with Gasteiger partial charge < -0.3 is 15.1 Å². The predicted molar refractivity (Wildman–Crippen MR) is 91.1 cm³/mol. The number of nitrogens with zero attached hydrogens (tertiary/aromatic N) is 3. The number of piperazine rings is 1. The molecule has 2 aliphatic heterocycles. The lowest BCUT2D eigenvalue weighted by Gasteiger charge is -2.38. The van der Waals surface area contributed by atoms with Crippen LogP contribution in [0.2, 0.25) is 0 Å². The van der Waals surface area contributed by atoms with E-state index in [1.807, 2.05) is 42.7 Å². The van der Waals surface area contributed by atoms with Crippen LogP contribution in [0.4, 0.5) is 0 Å². The smallest absolute Gasteiger partial charge is 0.228 e. The molecule has 1 aromatic rings. The van der Waals surface area contributed by atoms with Crippen LogP contribution in [-0.2, 0) is 9.59 Å². The number of amides is 2. The van der Waals surface area contributed by atoms with Gasteiger partial charge in [0.2, 0.25) is 11.8 Å². The molecule has 6 heteroatoms. The molecule has 2 aliphatic rings. The van der Waals surface area contributed by atoms with Crippen molar-refractivity contribution in [2.75, 3.05) is 26.2 Å². The average molecular weight is 330 g/mol. The van der Waals surface area contributed by atoms with E-state index in [1.165, 1.54) is 0 Å². The van der Waals surface area contributed by atoms with Crippen molar-refractivity contribution in [3.05, 3.63) is 30.1 Å². The molecule has 0 radical (unpaired) electrons. The maximum absolute atomic E-state index is 13.1. The van der Waals surface area contributed by atoms with E-state index in [-0.39, 0.29) is 29.3 Å². The molecule has 0 bridgehead atoms. The first-order valence-electron chi connectivity index (χ1n) is 8.59. The zero-order valence-corrected chi connectivity index (χ0v) is 14.7. The van der Waals surface area contributed by atoms with Crippen molar-refractivity contribution < 1.29 is 9.59 Å². The first-order chi connectivity index (χ1) is 11.4. The molecule has 0 aliphatic carbocycles. The Balaban J connectivity index is 1.77. The van der Waals surface area contributed by atoms with Gasteiger partial charge in [-0.25, -0.2) is 0 Å². The Morgan fingerprint density at radius 2 is 2.00 bits per heavy atom. The topological polar surface area (TPSA) is 65.5 Å². The van der Waals surface area contributed by atoms with Crippen molar-refractivity contribution in [1.29, 1.82) is 0 Å². The zero-order chi connectivity index (χ0) is 17.3. The van der Waals surface area contributed by atoms with E-state index in [4.69, 9.17) is 0 Å². The predicted octanol–water partition coefficient (Wildman–Crippen LogP) is 1.20. The number of pyridine rings is 1. The lowest BCUT2D eigenvalue weighted by molar-refractivity contribution is -0.139. The monoisotopic (exact) mass is 330 g/mol. The van der Waals surface area contributed by atoms with E-state index in [2.05, 4.69) is 10.3 Å². The molecule has 2 amide bonds. The summed E-state index contributed by atoms with van der Waals surface area (Å²) in [5, 5.41) is 3.36. The summed E-state index contributed by atoms with van der Waals surface area (Å²) < 4.78 is 0. The Kier molecular flexibility index (Phi) is 4.58. The van der Waals surface area contributed by atoms with Gasteiger partial charge in [0.25, 0.3) is 0 Å². The highest BCUT2D eigenvalue weighted by molar-refractivity contribution is 5.90. The second kappa shape index (κ2) is 6.51. The minimum Gasteiger partial charge on any atom is -0.337 e. The SMILES string of the molecule is CC(C)(C)N1CC(C(=O)N2CCNCC2c2ccncc2)CC1=O. The Bertz CT molecular complexity index is 611. The van der Waals surface area contributed by atoms with Crippen molar-refractivity contribution in [3.63, 3.8) is 0 Å². The molecule has 2 saturated heterocycles. The summed E-state index contributed by atoms with van der Waals surface area (Å²) in [4.78, 5) is 33.2. The first-order valence-corrected chi connectivity index (χ1v) is 8.59. The van der Waals surface area contributed by atoms with Gasteiger partial charge in [-0.15, -0.1) is 0 Å². The molecule has 0 spiro atoms. The third-order valence-corrected chi connectivity index (χ3v) is 4.90. The van der Waals surface area contributed by atoms with Crippen LogP contribution in [0.15, 0.2) is 24.5 Å². The molecule has 2 atom stereocenters. The Hall–Kier alpha value is -1.95. The normalized spacial score (nSPS) is 25.2. The van der Waals surface area contributed by atoms with Crippen molar-refractivity contribution in [1.82, 2.24) is 20.1 Å². The number of hydrogen-bond donors (Lipinski definition) is 1. The van der Waals surface area contributed by atoms with Crippen LogP contribution in [0.25, 0.3) is 0 Å². The maximum atomic E-state index is 13.1.